The van der Waals surface area contributed by atoms with Crippen LogP contribution in [0.5, 0.6) is 0 Å². The van der Waals surface area contributed by atoms with E-state index in [4.69, 9.17) is 0 Å². The number of nitrogens with one attached hydrogen (secondary N) is 2. The second-order valence-electron chi connectivity index (χ2n) is 4.89. The van der Waals surface area contributed by atoms with Gasteiger partial charge in [0.25, 0.3) is 0 Å². The predicted molar refractivity (Wildman–Crippen MR) is 83.5 cm³/mol. The van der Waals surface area contributed by atoms with Crippen LogP contribution in [0.3, 0.4) is 0 Å². The van der Waals surface area contributed by atoms with Crippen LogP contribution in [0.1, 0.15) is 21.5 Å². The first-order valence-electron chi connectivity index (χ1n) is 6.63. The lowest BCUT2D eigenvalue weighted by Gasteiger charge is -1.99. The number of carbonyl (C=O) groups is 1. The number of hydrogen-bond donors (Lipinski definition) is 2. The normalized spacial score (nSPS) is 11.3. The van der Waals surface area contributed by atoms with Crippen molar-refractivity contribution in [3.8, 4) is 0 Å². The maximum Gasteiger partial charge on any atom is 0.323 e. The van der Waals surface area contributed by atoms with Crippen molar-refractivity contribution in [2.45, 2.75) is 6.92 Å². The average molecular weight is 278 g/mol. The number of allylic oxidation sites excluding steroid dienone is 1. The van der Waals surface area contributed by atoms with Crippen molar-refractivity contribution in [3.05, 3.63) is 75.7 Å². The Balaban J connectivity index is 1.90. The zero-order chi connectivity index (χ0) is 14.8. The van der Waals surface area contributed by atoms with Crippen LogP contribution in [0.15, 0.2) is 53.3 Å². The smallest absolute Gasteiger partial charge is 0.306 e. The molecular weight excluding hydrogens is 264 g/mol. The molecule has 4 heteroatoms. The molecule has 0 saturated heterocycles. The zero-order valence-electron chi connectivity index (χ0n) is 11.5. The largest absolute Gasteiger partial charge is 0.323 e. The summed E-state index contributed by atoms with van der Waals surface area (Å²) in [6.45, 7) is 2.00. The third kappa shape index (κ3) is 2.69. The van der Waals surface area contributed by atoms with E-state index in [9.17, 15) is 9.59 Å². The molecule has 0 saturated carbocycles. The van der Waals surface area contributed by atoms with Crippen molar-refractivity contribution in [1.29, 1.82) is 0 Å². The standard InChI is InChI=1S/C17H14N2O2/c1-11-4-2-3-5-12(11)7-9-16(20)13-6-8-14-15(10-13)19-17(21)18-14/h2-10H,1H3,(H2,18,19,21)/b9-7+. The van der Waals surface area contributed by atoms with Crippen LogP contribution in [0.2, 0.25) is 0 Å². The molecule has 0 fully saturated rings. The Morgan fingerprint density at radius 2 is 1.81 bits per heavy atom. The topological polar surface area (TPSA) is 65.7 Å². The maximum absolute atomic E-state index is 12.2. The minimum atomic E-state index is -0.273. The number of fused-ring (bicyclic) bond motifs is 1. The van der Waals surface area contributed by atoms with E-state index in [2.05, 4.69) is 9.97 Å². The SMILES string of the molecule is Cc1ccccc1/C=C/C(=O)c1ccc2[nH]c(=O)[nH]c2c1. The summed E-state index contributed by atoms with van der Waals surface area (Å²) < 4.78 is 0. The maximum atomic E-state index is 12.2. The molecule has 0 radical (unpaired) electrons. The highest BCUT2D eigenvalue weighted by Crippen LogP contribution is 2.13. The summed E-state index contributed by atoms with van der Waals surface area (Å²) in [7, 11) is 0. The third-order valence-corrected chi connectivity index (χ3v) is 3.40. The molecule has 2 N–H and O–H groups in total. The fraction of sp³-hybridized carbons (Fsp3) is 0.0588. The fourth-order valence-electron chi connectivity index (χ4n) is 2.22. The highest BCUT2D eigenvalue weighted by atomic mass is 16.1. The fourth-order valence-corrected chi connectivity index (χ4v) is 2.22. The Morgan fingerprint density at radius 3 is 2.62 bits per heavy atom. The van der Waals surface area contributed by atoms with Gasteiger partial charge in [0, 0.05) is 5.56 Å². The highest BCUT2D eigenvalue weighted by molar-refractivity contribution is 6.08. The molecule has 3 rings (SSSR count). The summed E-state index contributed by atoms with van der Waals surface area (Å²) in [5.74, 6) is -0.0952. The molecular formula is C17H14N2O2. The number of ketones is 1. The Labute approximate surface area is 121 Å². The molecule has 0 aliphatic carbocycles. The average Bonchev–Trinajstić information content (AvgIpc) is 2.85. The van der Waals surface area contributed by atoms with Crippen LogP contribution in [0.25, 0.3) is 17.1 Å². The lowest BCUT2D eigenvalue weighted by molar-refractivity contribution is 0.104. The molecule has 0 atom stereocenters. The lowest BCUT2D eigenvalue weighted by atomic mass is 10.1. The number of H-pyrrole nitrogens is 2. The van der Waals surface area contributed by atoms with E-state index < -0.39 is 0 Å². The Morgan fingerprint density at radius 1 is 1.05 bits per heavy atom. The van der Waals surface area contributed by atoms with E-state index in [1.807, 2.05) is 37.3 Å². The van der Waals surface area contributed by atoms with Crippen molar-refractivity contribution < 1.29 is 4.79 Å². The summed E-state index contributed by atoms with van der Waals surface area (Å²) in [4.78, 5) is 28.7. The highest BCUT2D eigenvalue weighted by Gasteiger charge is 2.05. The van der Waals surface area contributed by atoms with Gasteiger partial charge in [-0.1, -0.05) is 30.3 Å². The first-order valence-corrected chi connectivity index (χ1v) is 6.63. The molecule has 0 aliphatic heterocycles. The summed E-state index contributed by atoms with van der Waals surface area (Å²) >= 11 is 0. The zero-order valence-corrected chi connectivity index (χ0v) is 11.5. The van der Waals surface area contributed by atoms with Gasteiger partial charge in [0.05, 0.1) is 11.0 Å². The van der Waals surface area contributed by atoms with E-state index in [1.165, 1.54) is 0 Å². The summed E-state index contributed by atoms with van der Waals surface area (Å²) in [5.41, 5.74) is 3.73. The van der Waals surface area contributed by atoms with Gasteiger partial charge < -0.3 is 9.97 Å². The van der Waals surface area contributed by atoms with Gasteiger partial charge in [-0.2, -0.15) is 0 Å². The molecule has 1 aromatic heterocycles. The van der Waals surface area contributed by atoms with Crippen molar-refractivity contribution in [3.63, 3.8) is 0 Å². The van der Waals surface area contributed by atoms with Crippen LogP contribution in [0.4, 0.5) is 0 Å². The quantitative estimate of drug-likeness (QED) is 0.571. The first kappa shape index (κ1) is 13.1. The van der Waals surface area contributed by atoms with Gasteiger partial charge in [0.15, 0.2) is 5.78 Å². The molecule has 0 aliphatic rings. The number of imidazole rings is 1. The van der Waals surface area contributed by atoms with Gasteiger partial charge in [-0.15, -0.1) is 0 Å². The third-order valence-electron chi connectivity index (χ3n) is 3.40. The molecule has 4 nitrogen and oxygen atoms in total. The molecule has 2 aromatic carbocycles. The first-order chi connectivity index (χ1) is 10.1. The Kier molecular flexibility index (Phi) is 3.28. The monoisotopic (exact) mass is 278 g/mol. The van der Waals surface area contributed by atoms with E-state index in [-0.39, 0.29) is 11.5 Å². The molecule has 3 aromatic rings. The summed E-state index contributed by atoms with van der Waals surface area (Å²) in [6, 6.07) is 13.0. The van der Waals surface area contributed by atoms with Gasteiger partial charge in [0.2, 0.25) is 0 Å². The van der Waals surface area contributed by atoms with Crippen LogP contribution in [0, 0.1) is 6.92 Å². The van der Waals surface area contributed by atoms with Crippen LogP contribution >= 0.6 is 0 Å². The molecule has 1 heterocycles. The molecule has 104 valence electrons. The number of aromatic amines is 2. The Bertz CT molecular complexity index is 900. The second-order valence-corrected chi connectivity index (χ2v) is 4.89. The van der Waals surface area contributed by atoms with Crippen LogP contribution < -0.4 is 5.69 Å². The second kappa shape index (κ2) is 5.25. The van der Waals surface area contributed by atoms with Crippen molar-refractivity contribution in [2.24, 2.45) is 0 Å². The summed E-state index contributed by atoms with van der Waals surface area (Å²) in [5, 5.41) is 0. The lowest BCUT2D eigenvalue weighted by Crippen LogP contribution is -1.99. The van der Waals surface area contributed by atoms with E-state index in [1.54, 1.807) is 24.3 Å². The van der Waals surface area contributed by atoms with Crippen molar-refractivity contribution in [1.82, 2.24) is 9.97 Å². The van der Waals surface area contributed by atoms with Gasteiger partial charge in [-0.3, -0.25) is 4.79 Å². The van der Waals surface area contributed by atoms with Crippen LogP contribution in [-0.2, 0) is 0 Å². The van der Waals surface area contributed by atoms with E-state index in [0.29, 0.717) is 16.6 Å². The van der Waals surface area contributed by atoms with Gasteiger partial charge in [0.1, 0.15) is 0 Å². The number of benzene rings is 2. The minimum Gasteiger partial charge on any atom is -0.306 e. The molecule has 21 heavy (non-hydrogen) atoms. The molecule has 0 amide bonds. The number of aryl methyl sites for hydroxylation is 1. The predicted octanol–water partition coefficient (Wildman–Crippen LogP) is 3.06. The Hall–Kier alpha value is -2.88. The number of carbonyl (C=O) groups excluding carboxylic acids is 1. The molecule has 0 unspecified atom stereocenters. The van der Waals surface area contributed by atoms with Gasteiger partial charge >= 0.3 is 5.69 Å². The number of hydrogen-bond acceptors (Lipinski definition) is 2. The van der Waals surface area contributed by atoms with Crippen LogP contribution in [-0.4, -0.2) is 15.8 Å². The molecule has 0 spiro atoms. The van der Waals surface area contributed by atoms with Crippen molar-refractivity contribution >= 4 is 22.9 Å². The van der Waals surface area contributed by atoms with Gasteiger partial charge in [-0.25, -0.2) is 4.79 Å². The summed E-state index contributed by atoms with van der Waals surface area (Å²) in [6.07, 6.45) is 3.36. The van der Waals surface area contributed by atoms with Crippen molar-refractivity contribution in [2.75, 3.05) is 0 Å². The number of rotatable bonds is 3. The van der Waals surface area contributed by atoms with E-state index in [0.717, 1.165) is 11.1 Å². The minimum absolute atomic E-state index is 0.0952. The molecule has 0 bridgehead atoms. The van der Waals surface area contributed by atoms with Gasteiger partial charge in [-0.05, 0) is 42.3 Å². The number of aromatic nitrogens is 2. The van der Waals surface area contributed by atoms with E-state index >= 15 is 0 Å².